The van der Waals surface area contributed by atoms with Crippen molar-refractivity contribution in [1.29, 1.82) is 0 Å². The third-order valence-electron chi connectivity index (χ3n) is 4.44. The SMILES string of the molecule is CN=C(NCc1cccc(OCC(F)(F)F)c1)NCC1(CCO)CCOC1.I. The lowest BCUT2D eigenvalue weighted by Crippen LogP contribution is -2.44. The number of benzene rings is 1. The molecule has 0 spiro atoms. The van der Waals surface area contributed by atoms with Crippen molar-refractivity contribution < 1.29 is 27.8 Å². The summed E-state index contributed by atoms with van der Waals surface area (Å²) in [5.41, 5.74) is 0.657. The van der Waals surface area contributed by atoms with E-state index in [0.29, 0.717) is 38.7 Å². The van der Waals surface area contributed by atoms with E-state index in [9.17, 15) is 18.3 Å². The molecule has 0 saturated carbocycles. The molecule has 0 bridgehead atoms. The van der Waals surface area contributed by atoms with E-state index in [-0.39, 0.29) is 41.7 Å². The summed E-state index contributed by atoms with van der Waals surface area (Å²) in [4.78, 5) is 4.16. The molecule has 1 aliphatic rings. The number of hydrogen-bond acceptors (Lipinski definition) is 4. The number of rotatable bonds is 8. The monoisotopic (exact) mass is 517 g/mol. The van der Waals surface area contributed by atoms with Crippen molar-refractivity contribution in [3.63, 3.8) is 0 Å². The molecular formula is C18H27F3IN3O3. The number of aliphatic imine (C=N–C) groups is 1. The normalized spacial score (nSPS) is 19.8. The Morgan fingerprint density at radius 3 is 2.75 bits per heavy atom. The van der Waals surface area contributed by atoms with Crippen molar-refractivity contribution in [1.82, 2.24) is 10.6 Å². The molecule has 1 fully saturated rings. The van der Waals surface area contributed by atoms with Gasteiger partial charge in [-0.25, -0.2) is 0 Å². The second-order valence-electron chi connectivity index (χ2n) is 6.61. The number of guanidine groups is 1. The van der Waals surface area contributed by atoms with Crippen LogP contribution in [0, 0.1) is 5.41 Å². The molecular weight excluding hydrogens is 490 g/mol. The van der Waals surface area contributed by atoms with Crippen LogP contribution in [0.2, 0.25) is 0 Å². The Balaban J connectivity index is 0.00000392. The van der Waals surface area contributed by atoms with Gasteiger partial charge in [0.15, 0.2) is 12.6 Å². The number of nitrogens with zero attached hydrogens (tertiary/aromatic N) is 1. The number of aliphatic hydroxyl groups excluding tert-OH is 1. The molecule has 2 rings (SSSR count). The van der Waals surface area contributed by atoms with Crippen molar-refractivity contribution >= 4 is 29.9 Å². The van der Waals surface area contributed by atoms with Crippen molar-refractivity contribution in [3.8, 4) is 5.75 Å². The Bertz CT molecular complexity index is 624. The highest BCUT2D eigenvalue weighted by Gasteiger charge is 2.34. The van der Waals surface area contributed by atoms with Gasteiger partial charge in [-0.1, -0.05) is 12.1 Å². The Hall–Kier alpha value is -1.27. The Labute approximate surface area is 179 Å². The van der Waals surface area contributed by atoms with E-state index in [1.165, 1.54) is 6.07 Å². The second kappa shape index (κ2) is 11.7. The summed E-state index contributed by atoms with van der Waals surface area (Å²) in [7, 11) is 1.64. The lowest BCUT2D eigenvalue weighted by Gasteiger charge is -2.27. The van der Waals surface area contributed by atoms with E-state index < -0.39 is 12.8 Å². The molecule has 1 heterocycles. The fourth-order valence-corrected chi connectivity index (χ4v) is 2.90. The summed E-state index contributed by atoms with van der Waals surface area (Å²) in [5, 5.41) is 15.6. The first-order chi connectivity index (χ1) is 12.9. The zero-order valence-corrected chi connectivity index (χ0v) is 18.0. The van der Waals surface area contributed by atoms with Crippen molar-refractivity contribution in [2.24, 2.45) is 10.4 Å². The van der Waals surface area contributed by atoms with Gasteiger partial charge in [0.05, 0.1) is 6.61 Å². The molecule has 0 amide bonds. The molecule has 1 unspecified atom stereocenters. The van der Waals surface area contributed by atoms with Crippen LogP contribution in [-0.4, -0.2) is 57.3 Å². The lowest BCUT2D eigenvalue weighted by atomic mass is 9.84. The molecule has 28 heavy (non-hydrogen) atoms. The summed E-state index contributed by atoms with van der Waals surface area (Å²) < 4.78 is 47.0. The van der Waals surface area contributed by atoms with E-state index in [4.69, 9.17) is 9.47 Å². The predicted octanol–water partition coefficient (Wildman–Crippen LogP) is 2.70. The fourth-order valence-electron chi connectivity index (χ4n) is 2.90. The number of aliphatic hydroxyl groups is 1. The maximum atomic E-state index is 12.3. The Morgan fingerprint density at radius 1 is 1.36 bits per heavy atom. The summed E-state index contributed by atoms with van der Waals surface area (Å²) in [5.74, 6) is 0.736. The van der Waals surface area contributed by atoms with Gasteiger partial charge >= 0.3 is 6.18 Å². The number of ether oxygens (including phenoxy) is 2. The predicted molar refractivity (Wildman–Crippen MR) is 111 cm³/mol. The van der Waals surface area contributed by atoms with Gasteiger partial charge in [0, 0.05) is 38.8 Å². The van der Waals surface area contributed by atoms with Crippen LogP contribution in [0.15, 0.2) is 29.3 Å². The summed E-state index contributed by atoms with van der Waals surface area (Å²) in [6.45, 7) is 1.05. The smallest absolute Gasteiger partial charge is 0.422 e. The average molecular weight is 517 g/mol. The fraction of sp³-hybridized carbons (Fsp3) is 0.611. The minimum atomic E-state index is -4.37. The van der Waals surface area contributed by atoms with E-state index in [1.807, 2.05) is 0 Å². The third kappa shape index (κ3) is 8.39. The summed E-state index contributed by atoms with van der Waals surface area (Å²) in [6.07, 6.45) is -2.85. The van der Waals surface area contributed by atoms with E-state index >= 15 is 0 Å². The van der Waals surface area contributed by atoms with Crippen LogP contribution < -0.4 is 15.4 Å². The van der Waals surface area contributed by atoms with E-state index in [2.05, 4.69) is 15.6 Å². The van der Waals surface area contributed by atoms with Gasteiger partial charge in [-0.15, -0.1) is 24.0 Å². The zero-order chi connectivity index (χ0) is 19.8. The molecule has 6 nitrogen and oxygen atoms in total. The van der Waals surface area contributed by atoms with E-state index in [1.54, 1.807) is 25.2 Å². The van der Waals surface area contributed by atoms with Gasteiger partial charge in [0.25, 0.3) is 0 Å². The van der Waals surface area contributed by atoms with Crippen molar-refractivity contribution in [2.45, 2.75) is 25.6 Å². The van der Waals surface area contributed by atoms with Gasteiger partial charge in [-0.3, -0.25) is 4.99 Å². The maximum absolute atomic E-state index is 12.3. The molecule has 0 aromatic heterocycles. The highest BCUT2D eigenvalue weighted by molar-refractivity contribution is 14.0. The number of nitrogens with one attached hydrogen (secondary N) is 2. The zero-order valence-electron chi connectivity index (χ0n) is 15.7. The topological polar surface area (TPSA) is 75.1 Å². The maximum Gasteiger partial charge on any atom is 0.422 e. The first-order valence-electron chi connectivity index (χ1n) is 8.77. The molecule has 1 saturated heterocycles. The quantitative estimate of drug-likeness (QED) is 0.281. The summed E-state index contributed by atoms with van der Waals surface area (Å²) in [6, 6.07) is 6.48. The van der Waals surface area contributed by atoms with Gasteiger partial charge < -0.3 is 25.2 Å². The number of alkyl halides is 3. The minimum absolute atomic E-state index is 0. The number of hydrogen-bond donors (Lipinski definition) is 3. The Morgan fingerprint density at radius 2 is 2.14 bits per heavy atom. The van der Waals surface area contributed by atoms with Crippen LogP contribution in [-0.2, 0) is 11.3 Å². The molecule has 3 N–H and O–H groups in total. The standard InChI is InChI=1S/C18H26F3N3O3.HI/c1-22-16(24-11-17(5-7-25)6-8-26-12-17)23-10-14-3-2-4-15(9-14)27-13-18(19,20)21;/h2-4,9,25H,5-8,10-13H2,1H3,(H2,22,23,24);1H. The average Bonchev–Trinajstić information content (AvgIpc) is 3.09. The van der Waals surface area contributed by atoms with Crippen LogP contribution in [0.5, 0.6) is 5.75 Å². The largest absolute Gasteiger partial charge is 0.484 e. The highest BCUT2D eigenvalue weighted by atomic mass is 127. The first kappa shape index (κ1) is 24.8. The molecule has 1 aliphatic heterocycles. The molecule has 1 atom stereocenters. The van der Waals surface area contributed by atoms with Crippen LogP contribution in [0.4, 0.5) is 13.2 Å². The van der Waals surface area contributed by atoms with Gasteiger partial charge in [-0.05, 0) is 30.5 Å². The minimum Gasteiger partial charge on any atom is -0.484 e. The lowest BCUT2D eigenvalue weighted by molar-refractivity contribution is -0.153. The summed E-state index contributed by atoms with van der Waals surface area (Å²) >= 11 is 0. The van der Waals surface area contributed by atoms with Crippen LogP contribution >= 0.6 is 24.0 Å². The number of halogens is 4. The van der Waals surface area contributed by atoms with Crippen LogP contribution in [0.25, 0.3) is 0 Å². The molecule has 1 aromatic rings. The van der Waals surface area contributed by atoms with Gasteiger partial charge in [0.2, 0.25) is 0 Å². The molecule has 0 radical (unpaired) electrons. The van der Waals surface area contributed by atoms with Crippen molar-refractivity contribution in [2.75, 3.05) is 40.0 Å². The molecule has 1 aromatic carbocycles. The Kier molecular flexibility index (Phi) is 10.3. The van der Waals surface area contributed by atoms with Crippen molar-refractivity contribution in [3.05, 3.63) is 29.8 Å². The van der Waals surface area contributed by atoms with E-state index in [0.717, 1.165) is 12.0 Å². The van der Waals surface area contributed by atoms with Gasteiger partial charge in [0.1, 0.15) is 5.75 Å². The molecule has 160 valence electrons. The van der Waals surface area contributed by atoms with Crippen LogP contribution in [0.1, 0.15) is 18.4 Å². The highest BCUT2D eigenvalue weighted by Crippen LogP contribution is 2.31. The molecule has 10 heteroatoms. The van der Waals surface area contributed by atoms with Gasteiger partial charge in [-0.2, -0.15) is 13.2 Å². The van der Waals surface area contributed by atoms with Crippen LogP contribution in [0.3, 0.4) is 0 Å². The second-order valence-corrected chi connectivity index (χ2v) is 6.61. The first-order valence-corrected chi connectivity index (χ1v) is 8.77. The molecule has 0 aliphatic carbocycles. The third-order valence-corrected chi connectivity index (χ3v) is 4.44.